The highest BCUT2D eigenvalue weighted by molar-refractivity contribution is 6.00. The van der Waals surface area contributed by atoms with Crippen LogP contribution in [0, 0.1) is 17.3 Å². The van der Waals surface area contributed by atoms with Crippen molar-refractivity contribution in [1.29, 1.82) is 0 Å². The van der Waals surface area contributed by atoms with Crippen LogP contribution < -0.4 is 47.3 Å². The highest BCUT2D eigenvalue weighted by Gasteiger charge is 2.81. The molecule has 4 saturated heterocycles. The van der Waals surface area contributed by atoms with E-state index in [9.17, 15) is 78.9 Å². The van der Waals surface area contributed by atoms with E-state index in [1.165, 1.54) is 21.1 Å². The van der Waals surface area contributed by atoms with Crippen LogP contribution in [0.1, 0.15) is 139 Å². The number of nitrogens with zero attached hydrogens (tertiary/aromatic N) is 5. The molecule has 2 bridgehead atoms. The quantitative estimate of drug-likeness (QED) is 0.0184. The Morgan fingerprint density at radius 1 is 0.684 bits per heavy atom. The summed E-state index contributed by atoms with van der Waals surface area (Å²) < 4.78 is 24.9. The molecule has 36 heteroatoms. The Kier molecular flexibility index (Phi) is 26.2. The molecule has 4 unspecified atom stereocenters. The van der Waals surface area contributed by atoms with E-state index in [-0.39, 0.29) is 51.1 Å². The Balaban J connectivity index is 0.784. The zero-order chi connectivity index (χ0) is 84.5. The van der Waals surface area contributed by atoms with Crippen LogP contribution in [-0.4, -0.2) is 316 Å². The van der Waals surface area contributed by atoms with E-state index in [4.69, 9.17) is 24.7 Å². The summed E-state index contributed by atoms with van der Waals surface area (Å²) in [5.74, 6) is -12.4. The third-order valence-corrected chi connectivity index (χ3v) is 26.6. The minimum atomic E-state index is -2.74. The van der Waals surface area contributed by atoms with Crippen LogP contribution in [0.5, 0.6) is 5.75 Å². The molecule has 1 aromatic heterocycles. The average Bonchev–Trinajstić information content (AvgIpc) is 1.51. The molecule has 117 heavy (non-hydrogen) atoms. The second-order valence-corrected chi connectivity index (χ2v) is 33.2. The average molecular weight is 1640 g/mol. The van der Waals surface area contributed by atoms with Gasteiger partial charge in [0.05, 0.1) is 65.5 Å². The van der Waals surface area contributed by atoms with Crippen molar-refractivity contribution in [2.45, 2.75) is 218 Å². The molecule has 640 valence electrons. The van der Waals surface area contributed by atoms with E-state index in [0.717, 1.165) is 39.8 Å². The van der Waals surface area contributed by atoms with E-state index >= 15 is 14.4 Å². The number of amides is 9. The molecule has 19 atom stereocenters. The van der Waals surface area contributed by atoms with Gasteiger partial charge < -0.3 is 112 Å². The number of para-hydroxylation sites is 1. The number of likely N-dealkylation sites (tertiary alicyclic amines) is 2. The smallest absolute Gasteiger partial charge is 0.344 e. The topological polar surface area (TPSA) is 514 Å². The first kappa shape index (κ1) is 86.9. The highest BCUT2D eigenvalue weighted by Crippen LogP contribution is 2.68. The number of hydrogen-bond donors (Lipinski definition) is 15. The zero-order valence-electron chi connectivity index (χ0n) is 67.3. The third-order valence-electron chi connectivity index (χ3n) is 26.6. The summed E-state index contributed by atoms with van der Waals surface area (Å²) in [4.78, 5) is 182. The standard InChI is InChI=1S/C81H113N13O23/c1-8-77(112)34-44-35-80(75(110)115-6,63-48(24-29-91(36-44)42-77)47-19-13-14-20-51(47)83-63)50-32-49-58(33-60(50)114-5)90(4)73-79(49)26-30-92-27-16-25-78(9-2,72(79)92)74(81(73,113)76(111)116-7)117-71(109)57-21-15-28-93(57)70(108)56(41-98)88-66(104)53(38-95)85-64(102)52(22-23-61(82)101)84-69(107)62(45-17-11-10-12-18-45)89-67(105)55(40-97)86-65(103)54(39-96)87-68(106)59-31-46(100)37-94(59)43(3)99/h13-14,16,19-20,25,32-33,44-46,52-57,59,62,72-74,83,95-98,100,112-113H,8-12,15,17-18,21-24,26-31,34-42H2,1-7H3,(H2,82,101)(H,84,107)(H,85,102)(H,86,103)(H,87,106)(H,88,104)(H,89,105)/t44-,46+,52+,53+,54-,55-,56-,57-,59-,62-,72?,73?,74+,77-,78+,79?,80-,81-/m0/s1. The number of methoxy groups -OCH3 is 3. The number of likely N-dealkylation sites (N-methyl/N-ethyl adjacent to an activating group) is 1. The molecule has 2 aliphatic carbocycles. The molecule has 6 fully saturated rings. The third kappa shape index (κ3) is 15.8. The molecule has 1 spiro atoms. The number of fused-ring (bicyclic) bond motifs is 6. The Bertz CT molecular complexity index is 4350. The van der Waals surface area contributed by atoms with Gasteiger partial charge in [-0.2, -0.15) is 0 Å². The zero-order valence-corrected chi connectivity index (χ0v) is 67.3. The lowest BCUT2D eigenvalue weighted by atomic mass is 9.47. The fraction of sp³-hybridized carbons (Fsp3) is 0.654. The molecule has 16 N–H and O–H groups in total. The number of benzene rings is 2. The molecule has 36 nitrogen and oxygen atoms in total. The number of β-amino-alcohol motifs (C(OH)–C–C–N with tert-alkyl or cyclic N) is 1. The number of ether oxygens (including phenoxy) is 4. The van der Waals surface area contributed by atoms with E-state index in [1.807, 2.05) is 62.4 Å². The number of carbonyl (C=O) groups excluding carboxylic acids is 12. The number of nitrogens with two attached hydrogens (primary N) is 1. The summed E-state index contributed by atoms with van der Waals surface area (Å²) in [5, 5.41) is 94.1. The first-order valence-corrected chi connectivity index (χ1v) is 40.7. The number of aliphatic hydroxyl groups is 7. The summed E-state index contributed by atoms with van der Waals surface area (Å²) in [6.45, 7) is 2.84. The minimum Gasteiger partial charge on any atom is -0.496 e. The summed E-state index contributed by atoms with van der Waals surface area (Å²) >= 11 is 0. The van der Waals surface area contributed by atoms with Crippen molar-refractivity contribution < 1.29 is 112 Å². The first-order valence-electron chi connectivity index (χ1n) is 40.7. The predicted molar refractivity (Wildman–Crippen MR) is 416 cm³/mol. The predicted octanol–water partition coefficient (Wildman–Crippen LogP) is -3.33. The number of primary amides is 1. The molecule has 0 radical (unpaired) electrons. The van der Waals surface area contributed by atoms with Crippen molar-refractivity contribution in [3.8, 4) is 5.75 Å². The Morgan fingerprint density at radius 2 is 1.32 bits per heavy atom. The highest BCUT2D eigenvalue weighted by atomic mass is 16.6. The molecule has 9 amide bonds. The molecule has 12 rings (SSSR count). The maximum absolute atomic E-state index is 15.8. The number of nitrogens with one attached hydrogen (secondary N) is 7. The molecule has 2 saturated carbocycles. The van der Waals surface area contributed by atoms with Crippen molar-refractivity contribution in [2.75, 3.05) is 106 Å². The van der Waals surface area contributed by atoms with Crippen molar-refractivity contribution in [1.82, 2.24) is 56.5 Å². The van der Waals surface area contributed by atoms with Crippen LogP contribution in [0.3, 0.4) is 0 Å². The molecule has 2 aromatic carbocycles. The SMILES string of the molecule is CC[C@]1(O)C[C@@H]2CN(CCc3c([nH]c4ccccc34)[C@@](C(=O)OC)(c3cc4c(cc3OC)N(C)C3C45CCN4CC=C[C@](CC)(C45)[C@@H](OC(=O)[C@@H]4CCCN4C(=O)[C@H](CO)NC(=O)[C@@H](CO)NC(=O)[C@@H](CCC(N)=O)NC(=O)[C@@H](NC(=O)[C@H](CO)NC(=O)[C@H](CO)NC(=O)[C@@H]4C[C@@H](O)CN4C(C)=O)C4CCCCC4)[C@]3(O)C(=O)OC)C2)C1. The first-order chi connectivity index (χ1) is 55.8. The van der Waals surface area contributed by atoms with Gasteiger partial charge in [-0.3, -0.25) is 57.7 Å². The number of carbonyl (C=O) groups is 12. The normalized spacial score (nSPS) is 30.0. The summed E-state index contributed by atoms with van der Waals surface area (Å²) in [5.41, 5.74) is 1.42. The Hall–Kier alpha value is -9.40. The maximum atomic E-state index is 15.8. The number of aliphatic hydroxyl groups excluding tert-OH is 5. The molecule has 9 aliphatic rings. The van der Waals surface area contributed by atoms with Gasteiger partial charge in [-0.1, -0.05) is 63.5 Å². The largest absolute Gasteiger partial charge is 0.496 e. The number of aromatic nitrogens is 1. The van der Waals surface area contributed by atoms with Crippen LogP contribution in [0.2, 0.25) is 0 Å². The van der Waals surface area contributed by atoms with E-state index in [0.29, 0.717) is 112 Å². The fourth-order valence-electron chi connectivity index (χ4n) is 21.2. The lowest BCUT2D eigenvalue weighted by Gasteiger charge is -2.63. The van der Waals surface area contributed by atoms with Gasteiger partial charge in [0.1, 0.15) is 59.5 Å². The number of anilines is 1. The number of esters is 3. The number of H-pyrrole nitrogens is 1. The van der Waals surface area contributed by atoms with Crippen LogP contribution in [0.15, 0.2) is 48.6 Å². The fourth-order valence-corrected chi connectivity index (χ4v) is 21.2. The monoisotopic (exact) mass is 1640 g/mol. The van der Waals surface area contributed by atoms with Crippen LogP contribution in [-0.2, 0) is 89.0 Å². The molecule has 8 heterocycles. The van der Waals surface area contributed by atoms with E-state index in [1.54, 1.807) is 11.9 Å². The molecular formula is C81H113N13O23. The number of rotatable bonds is 29. The Labute approximate surface area is 676 Å². The van der Waals surface area contributed by atoms with Gasteiger partial charge in [-0.25, -0.2) is 9.59 Å². The van der Waals surface area contributed by atoms with Crippen LogP contribution >= 0.6 is 0 Å². The molecular weight excluding hydrogens is 1520 g/mol. The van der Waals surface area contributed by atoms with Crippen LogP contribution in [0.25, 0.3) is 10.9 Å². The van der Waals surface area contributed by atoms with Gasteiger partial charge in [0.2, 0.25) is 58.8 Å². The number of hydrogen-bond acceptors (Lipinski definition) is 26. The van der Waals surface area contributed by atoms with Gasteiger partial charge in [0, 0.05) is 117 Å². The molecule has 7 aliphatic heterocycles. The van der Waals surface area contributed by atoms with Gasteiger partial charge in [0.25, 0.3) is 0 Å². The summed E-state index contributed by atoms with van der Waals surface area (Å²) in [6.07, 6.45) is 4.66. The van der Waals surface area contributed by atoms with Crippen molar-refractivity contribution in [2.24, 2.45) is 23.0 Å². The second kappa shape index (κ2) is 35.3. The van der Waals surface area contributed by atoms with E-state index in [2.05, 4.69) is 46.7 Å². The summed E-state index contributed by atoms with van der Waals surface area (Å²) in [6, 6.07) is -3.51. The van der Waals surface area contributed by atoms with E-state index < -0.39 is 216 Å². The van der Waals surface area contributed by atoms with Gasteiger partial charge >= 0.3 is 17.9 Å². The minimum absolute atomic E-state index is 0.0379. The lowest BCUT2D eigenvalue weighted by molar-refractivity contribution is -0.231. The van der Waals surface area contributed by atoms with Gasteiger partial charge in [-0.05, 0) is 112 Å². The number of piperidine rings is 1. The maximum Gasteiger partial charge on any atom is 0.344 e. The Morgan fingerprint density at radius 3 is 1.96 bits per heavy atom. The van der Waals surface area contributed by atoms with Crippen molar-refractivity contribution in [3.63, 3.8) is 0 Å². The van der Waals surface area contributed by atoms with Crippen molar-refractivity contribution >= 4 is 87.7 Å². The second-order valence-electron chi connectivity index (χ2n) is 33.2. The van der Waals surface area contributed by atoms with Crippen LogP contribution in [0.4, 0.5) is 5.69 Å². The number of aromatic amines is 1. The molecule has 3 aromatic rings. The summed E-state index contributed by atoms with van der Waals surface area (Å²) in [7, 11) is 5.72. The van der Waals surface area contributed by atoms with Crippen molar-refractivity contribution in [3.05, 3.63) is 70.9 Å². The van der Waals surface area contributed by atoms with Gasteiger partial charge in [0.15, 0.2) is 6.10 Å². The lowest BCUT2D eigenvalue weighted by Crippen LogP contribution is -2.81. The van der Waals surface area contributed by atoms with Gasteiger partial charge in [-0.15, -0.1) is 0 Å².